The monoisotopic (exact) mass is 302 g/mol. The maximum absolute atomic E-state index is 12.3. The molecule has 0 aromatic carbocycles. The second-order valence-electron chi connectivity index (χ2n) is 6.27. The van der Waals surface area contributed by atoms with E-state index in [1.165, 1.54) is 38.5 Å². The normalized spacial score (nSPS) is 22.1. The average molecular weight is 302 g/mol. The molecule has 0 bridgehead atoms. The van der Waals surface area contributed by atoms with Gasteiger partial charge in [-0.1, -0.05) is 39.5 Å². The third-order valence-electron chi connectivity index (χ3n) is 3.87. The van der Waals surface area contributed by atoms with E-state index in [-0.39, 0.29) is 18.9 Å². The quantitative estimate of drug-likeness (QED) is 0.703. The van der Waals surface area contributed by atoms with Crippen LogP contribution in [0.25, 0.3) is 0 Å². The minimum absolute atomic E-state index is 0.0182. The maximum Gasteiger partial charge on any atom is 0.248 e. The molecule has 0 radical (unpaired) electrons. The summed E-state index contributed by atoms with van der Waals surface area (Å²) in [6.45, 7) is 4.25. The van der Waals surface area contributed by atoms with Crippen LogP contribution in [0.1, 0.15) is 84.5 Å². The van der Waals surface area contributed by atoms with E-state index in [9.17, 15) is 8.78 Å². The lowest BCUT2D eigenvalue weighted by atomic mass is 9.87. The molecule has 2 rings (SSSR count). The molecule has 2 aliphatic carbocycles. The zero-order valence-corrected chi connectivity index (χ0v) is 13.7. The van der Waals surface area contributed by atoms with Crippen molar-refractivity contribution in [3.05, 3.63) is 0 Å². The minimum Gasteiger partial charge on any atom is -0.328 e. The van der Waals surface area contributed by atoms with Gasteiger partial charge in [0.2, 0.25) is 5.92 Å². The van der Waals surface area contributed by atoms with Gasteiger partial charge in [0, 0.05) is 25.3 Å². The SMILES string of the molecule is CCC.N#CCC1CCCCC1.NC1CCC(F)(F)CC1. The van der Waals surface area contributed by atoms with Crippen LogP contribution in [0.2, 0.25) is 0 Å². The van der Waals surface area contributed by atoms with Gasteiger partial charge in [0.1, 0.15) is 0 Å². The fourth-order valence-corrected chi connectivity index (χ4v) is 2.58. The minimum atomic E-state index is -2.42. The molecule has 0 heterocycles. The van der Waals surface area contributed by atoms with Crippen LogP contribution in [0.5, 0.6) is 0 Å². The third-order valence-corrected chi connectivity index (χ3v) is 3.87. The van der Waals surface area contributed by atoms with E-state index in [4.69, 9.17) is 11.0 Å². The lowest BCUT2D eigenvalue weighted by Gasteiger charge is -2.25. The second kappa shape index (κ2) is 11.9. The number of nitrogens with zero attached hydrogens (tertiary/aromatic N) is 1. The zero-order chi connectivity index (χ0) is 16.1. The molecule has 0 aliphatic heterocycles. The molecule has 0 saturated heterocycles. The number of halogens is 2. The van der Waals surface area contributed by atoms with E-state index in [0.29, 0.717) is 12.8 Å². The molecule has 21 heavy (non-hydrogen) atoms. The van der Waals surface area contributed by atoms with Gasteiger partial charge in [-0.3, -0.25) is 0 Å². The van der Waals surface area contributed by atoms with Crippen molar-refractivity contribution < 1.29 is 8.78 Å². The summed E-state index contributed by atoms with van der Waals surface area (Å²) in [5.74, 6) is -1.68. The highest BCUT2D eigenvalue weighted by Crippen LogP contribution is 2.32. The van der Waals surface area contributed by atoms with Gasteiger partial charge in [-0.25, -0.2) is 8.78 Å². The Kier molecular flexibility index (Phi) is 11.5. The van der Waals surface area contributed by atoms with Crippen LogP contribution in [0.4, 0.5) is 8.78 Å². The Hall–Kier alpha value is -0.690. The number of hydrogen-bond acceptors (Lipinski definition) is 2. The molecule has 0 aromatic rings. The lowest BCUT2D eigenvalue weighted by molar-refractivity contribution is -0.0375. The van der Waals surface area contributed by atoms with Crippen LogP contribution in [0, 0.1) is 17.2 Å². The average Bonchev–Trinajstić information content (AvgIpc) is 2.45. The standard InChI is InChI=1S/C8H13N.C6H11F2N.C3H8/c9-7-6-8-4-2-1-3-5-8;7-6(8)3-1-5(9)2-4-6;1-3-2/h8H,1-6H2;5H,1-4,9H2;3H2,1-2H3. The van der Waals surface area contributed by atoms with Crippen molar-refractivity contribution in [2.75, 3.05) is 0 Å². The Morgan fingerprint density at radius 3 is 1.90 bits per heavy atom. The third kappa shape index (κ3) is 11.6. The molecular formula is C17H32F2N2. The summed E-state index contributed by atoms with van der Waals surface area (Å²) in [6.07, 6.45) is 9.66. The summed E-state index contributed by atoms with van der Waals surface area (Å²) in [5.41, 5.74) is 5.42. The second-order valence-corrected chi connectivity index (χ2v) is 6.27. The molecule has 4 heteroatoms. The molecule has 0 aromatic heterocycles. The van der Waals surface area contributed by atoms with Crippen molar-refractivity contribution in [3.63, 3.8) is 0 Å². The zero-order valence-electron chi connectivity index (χ0n) is 13.7. The summed E-state index contributed by atoms with van der Waals surface area (Å²) >= 11 is 0. The first-order chi connectivity index (χ1) is 9.95. The van der Waals surface area contributed by atoms with Crippen molar-refractivity contribution in [1.82, 2.24) is 0 Å². The molecule has 0 unspecified atom stereocenters. The number of hydrogen-bond donors (Lipinski definition) is 1. The molecule has 2 saturated carbocycles. The van der Waals surface area contributed by atoms with Crippen LogP contribution >= 0.6 is 0 Å². The first-order valence-electron chi connectivity index (χ1n) is 8.45. The Bertz CT molecular complexity index is 271. The van der Waals surface area contributed by atoms with E-state index >= 15 is 0 Å². The van der Waals surface area contributed by atoms with Gasteiger partial charge in [-0.2, -0.15) is 5.26 Å². The van der Waals surface area contributed by atoms with Crippen molar-refractivity contribution in [1.29, 1.82) is 5.26 Å². The summed E-state index contributed by atoms with van der Waals surface area (Å²) in [5, 5.41) is 8.37. The van der Waals surface area contributed by atoms with E-state index in [1.807, 2.05) is 0 Å². The largest absolute Gasteiger partial charge is 0.328 e. The number of nitriles is 1. The van der Waals surface area contributed by atoms with Gasteiger partial charge in [0.05, 0.1) is 6.07 Å². The van der Waals surface area contributed by atoms with Crippen LogP contribution < -0.4 is 5.73 Å². The number of rotatable bonds is 1. The van der Waals surface area contributed by atoms with Gasteiger partial charge in [-0.15, -0.1) is 0 Å². The van der Waals surface area contributed by atoms with E-state index in [1.54, 1.807) is 0 Å². The highest BCUT2D eigenvalue weighted by atomic mass is 19.3. The van der Waals surface area contributed by atoms with Gasteiger partial charge >= 0.3 is 0 Å². The Balaban J connectivity index is 0.000000322. The summed E-state index contributed by atoms with van der Waals surface area (Å²) < 4.78 is 24.6. The lowest BCUT2D eigenvalue weighted by Crippen LogP contribution is -2.32. The highest BCUT2D eigenvalue weighted by Gasteiger charge is 2.33. The van der Waals surface area contributed by atoms with E-state index < -0.39 is 5.92 Å². The number of nitrogens with two attached hydrogens (primary N) is 1. The van der Waals surface area contributed by atoms with Crippen LogP contribution in [-0.2, 0) is 0 Å². The van der Waals surface area contributed by atoms with Crippen LogP contribution in [0.3, 0.4) is 0 Å². The fraction of sp³-hybridized carbons (Fsp3) is 0.941. The van der Waals surface area contributed by atoms with Gasteiger partial charge in [0.15, 0.2) is 0 Å². The summed E-state index contributed by atoms with van der Waals surface area (Å²) in [6, 6.07) is 2.26. The molecular weight excluding hydrogens is 270 g/mol. The molecule has 0 spiro atoms. The van der Waals surface area contributed by atoms with Crippen molar-refractivity contribution in [2.45, 2.75) is 96.4 Å². The molecule has 2 N–H and O–H groups in total. The summed E-state index contributed by atoms with van der Waals surface area (Å²) in [4.78, 5) is 0. The van der Waals surface area contributed by atoms with E-state index in [2.05, 4.69) is 19.9 Å². The summed E-state index contributed by atoms with van der Waals surface area (Å²) in [7, 11) is 0. The van der Waals surface area contributed by atoms with Crippen molar-refractivity contribution >= 4 is 0 Å². The van der Waals surface area contributed by atoms with Crippen molar-refractivity contribution in [3.8, 4) is 6.07 Å². The predicted octanol–water partition coefficient (Wildman–Crippen LogP) is 5.42. The molecule has 2 nitrogen and oxygen atoms in total. The van der Waals surface area contributed by atoms with Crippen molar-refractivity contribution in [2.24, 2.45) is 11.7 Å². The first kappa shape index (κ1) is 20.3. The Labute approximate surface area is 129 Å². The molecule has 124 valence electrons. The molecule has 0 amide bonds. The van der Waals surface area contributed by atoms with Crippen LogP contribution in [-0.4, -0.2) is 12.0 Å². The van der Waals surface area contributed by atoms with Gasteiger partial charge < -0.3 is 5.73 Å². The molecule has 2 aliphatic rings. The fourth-order valence-electron chi connectivity index (χ4n) is 2.58. The first-order valence-corrected chi connectivity index (χ1v) is 8.45. The Morgan fingerprint density at radius 2 is 1.52 bits per heavy atom. The molecule has 2 fully saturated rings. The van der Waals surface area contributed by atoms with Gasteiger partial charge in [-0.05, 0) is 31.6 Å². The smallest absolute Gasteiger partial charge is 0.248 e. The maximum atomic E-state index is 12.3. The van der Waals surface area contributed by atoms with E-state index in [0.717, 1.165) is 12.3 Å². The highest BCUT2D eigenvalue weighted by molar-refractivity contribution is 4.79. The Morgan fingerprint density at radius 1 is 1.05 bits per heavy atom. The molecule has 0 atom stereocenters. The number of alkyl halides is 2. The topological polar surface area (TPSA) is 49.8 Å². The van der Waals surface area contributed by atoms with Gasteiger partial charge in [0.25, 0.3) is 0 Å². The van der Waals surface area contributed by atoms with Crippen LogP contribution in [0.15, 0.2) is 0 Å². The predicted molar refractivity (Wildman–Crippen MR) is 84.2 cm³/mol.